The molecule has 0 aliphatic heterocycles. The van der Waals surface area contributed by atoms with E-state index in [4.69, 9.17) is 88.7 Å². The summed E-state index contributed by atoms with van der Waals surface area (Å²) in [5.41, 5.74) is 0.852. The number of hydrogen-bond donors (Lipinski definition) is 0. The summed E-state index contributed by atoms with van der Waals surface area (Å²) in [6, 6.07) is 10.6. The van der Waals surface area contributed by atoms with E-state index in [1.807, 2.05) is 24.3 Å². The van der Waals surface area contributed by atoms with Gasteiger partial charge in [0.15, 0.2) is 5.75 Å². The third kappa shape index (κ3) is 11.5. The van der Waals surface area contributed by atoms with Crippen molar-refractivity contribution in [1.29, 1.82) is 0 Å². The van der Waals surface area contributed by atoms with Gasteiger partial charge in [0.2, 0.25) is 0 Å². The fraction of sp³-hybridized carbons (Fsp3) is 0.227. The molecule has 0 aliphatic rings. The number of nitrogens with zero attached hydrogens (tertiary/aromatic N) is 1. The van der Waals surface area contributed by atoms with E-state index in [0.29, 0.717) is 46.9 Å². The molecule has 0 heterocycles. The summed E-state index contributed by atoms with van der Waals surface area (Å²) >= 11 is 34.5. The molecule has 2 rings (SSSR count). The van der Waals surface area contributed by atoms with Crippen molar-refractivity contribution in [2.24, 2.45) is 5.16 Å². The Bertz CT molecular complexity index is 948. The molecule has 0 saturated carbocycles. The molecule has 0 atom stereocenters. The van der Waals surface area contributed by atoms with Gasteiger partial charge in [-0.2, -0.15) is 0 Å². The molecule has 178 valence electrons. The first-order valence-electron chi connectivity index (χ1n) is 9.50. The summed E-state index contributed by atoms with van der Waals surface area (Å²) in [5.74, 6) is 1.57. The Morgan fingerprint density at radius 1 is 0.758 bits per heavy atom. The molecule has 33 heavy (non-hydrogen) atoms. The molecular formula is C22H19Cl6NO4. The van der Waals surface area contributed by atoms with Gasteiger partial charge in [-0.1, -0.05) is 74.8 Å². The number of rotatable bonds is 13. The van der Waals surface area contributed by atoms with Gasteiger partial charge in [-0.25, -0.2) is 0 Å². The lowest BCUT2D eigenvalue weighted by Crippen LogP contribution is -2.05. The van der Waals surface area contributed by atoms with Gasteiger partial charge in [0.1, 0.15) is 33.7 Å². The summed E-state index contributed by atoms with van der Waals surface area (Å²) < 4.78 is 17.1. The number of oxime groups is 1. The first-order chi connectivity index (χ1) is 15.8. The van der Waals surface area contributed by atoms with Gasteiger partial charge in [-0.15, -0.1) is 0 Å². The van der Waals surface area contributed by atoms with E-state index in [9.17, 15) is 0 Å². The molecule has 0 N–H and O–H groups in total. The van der Waals surface area contributed by atoms with Crippen LogP contribution in [-0.4, -0.2) is 32.6 Å². The van der Waals surface area contributed by atoms with Gasteiger partial charge >= 0.3 is 0 Å². The highest BCUT2D eigenvalue weighted by Gasteiger charge is 2.10. The van der Waals surface area contributed by atoms with Crippen LogP contribution in [-0.2, 0) is 4.84 Å². The van der Waals surface area contributed by atoms with Crippen LogP contribution in [0.2, 0.25) is 10.0 Å². The lowest BCUT2D eigenvalue weighted by atomic mass is 10.2. The Hall–Kier alpha value is -1.47. The topological polar surface area (TPSA) is 49.3 Å². The van der Waals surface area contributed by atoms with Crippen LogP contribution in [0.3, 0.4) is 0 Å². The van der Waals surface area contributed by atoms with Gasteiger partial charge < -0.3 is 19.0 Å². The average Bonchev–Trinajstić information content (AvgIpc) is 2.75. The average molecular weight is 574 g/mol. The van der Waals surface area contributed by atoms with Crippen LogP contribution in [0.25, 0.3) is 0 Å². The summed E-state index contributed by atoms with van der Waals surface area (Å²) in [6.45, 7) is 1.20. The molecule has 0 spiro atoms. The first-order valence-corrected chi connectivity index (χ1v) is 11.8. The van der Waals surface area contributed by atoms with Gasteiger partial charge in [0, 0.05) is 18.6 Å². The SMILES string of the molecule is ClC(Cl)=CCON=Cc1ccc(OCCCOc2c(Cl)cc(OCC=C(Cl)Cl)cc2Cl)cc1. The normalized spacial score (nSPS) is 10.6. The molecule has 0 aromatic heterocycles. The van der Waals surface area contributed by atoms with Crippen LogP contribution >= 0.6 is 69.6 Å². The standard InChI is InChI=1S/C22H19Cl6NO4/c23-18-12-17(31-10-6-20(25)26)13-19(24)22(18)32-9-1-8-30-16-4-2-15(3-5-16)14-29-33-11-7-21(27)28/h2-7,12-14H,1,8-11H2. The Balaban J connectivity index is 1.72. The van der Waals surface area contributed by atoms with E-state index in [1.54, 1.807) is 18.3 Å². The van der Waals surface area contributed by atoms with Crippen molar-refractivity contribution in [2.75, 3.05) is 26.4 Å². The smallest absolute Gasteiger partial charge is 0.156 e. The zero-order chi connectivity index (χ0) is 24.1. The van der Waals surface area contributed by atoms with Gasteiger partial charge in [-0.05, 0) is 42.0 Å². The van der Waals surface area contributed by atoms with Crippen LogP contribution < -0.4 is 14.2 Å². The maximum absolute atomic E-state index is 6.24. The predicted octanol–water partition coefficient (Wildman–Crippen LogP) is 8.21. The van der Waals surface area contributed by atoms with Crippen molar-refractivity contribution in [3.63, 3.8) is 0 Å². The van der Waals surface area contributed by atoms with Gasteiger partial charge in [-0.3, -0.25) is 0 Å². The minimum atomic E-state index is 0.117. The van der Waals surface area contributed by atoms with Crippen molar-refractivity contribution in [3.05, 3.63) is 73.1 Å². The zero-order valence-electron chi connectivity index (χ0n) is 17.1. The third-order valence-electron chi connectivity index (χ3n) is 3.73. The van der Waals surface area contributed by atoms with Crippen molar-refractivity contribution in [3.8, 4) is 17.2 Å². The minimum absolute atomic E-state index is 0.117. The maximum Gasteiger partial charge on any atom is 0.156 e. The van der Waals surface area contributed by atoms with E-state index in [0.717, 1.165) is 5.56 Å². The Morgan fingerprint density at radius 3 is 2.00 bits per heavy atom. The second-order valence-corrected chi connectivity index (χ2v) is 8.99. The molecule has 0 amide bonds. The van der Waals surface area contributed by atoms with Crippen molar-refractivity contribution in [2.45, 2.75) is 6.42 Å². The molecule has 0 bridgehead atoms. The Kier molecular flexibility index (Phi) is 13.0. The predicted molar refractivity (Wildman–Crippen MR) is 137 cm³/mol. The lowest BCUT2D eigenvalue weighted by Gasteiger charge is -2.12. The van der Waals surface area contributed by atoms with E-state index in [-0.39, 0.29) is 22.2 Å². The maximum atomic E-state index is 6.24. The van der Waals surface area contributed by atoms with E-state index < -0.39 is 0 Å². The van der Waals surface area contributed by atoms with Crippen LogP contribution in [0, 0.1) is 0 Å². The summed E-state index contributed by atoms with van der Waals surface area (Å²) in [4.78, 5) is 5.00. The fourth-order valence-electron chi connectivity index (χ4n) is 2.27. The monoisotopic (exact) mass is 571 g/mol. The van der Waals surface area contributed by atoms with E-state index in [2.05, 4.69) is 5.16 Å². The van der Waals surface area contributed by atoms with Gasteiger partial charge in [0.25, 0.3) is 0 Å². The molecular weight excluding hydrogens is 555 g/mol. The second kappa shape index (κ2) is 15.4. The third-order valence-corrected chi connectivity index (χ3v) is 4.91. The van der Waals surface area contributed by atoms with Crippen LogP contribution in [0.4, 0.5) is 0 Å². The largest absolute Gasteiger partial charge is 0.493 e. The van der Waals surface area contributed by atoms with Crippen molar-refractivity contribution >= 4 is 75.8 Å². The molecule has 0 aliphatic carbocycles. The molecule has 2 aromatic rings. The number of benzene rings is 2. The quantitative estimate of drug-likeness (QED) is 0.138. The fourth-order valence-corrected chi connectivity index (χ4v) is 3.10. The number of halogens is 6. The van der Waals surface area contributed by atoms with Gasteiger partial charge in [0.05, 0.1) is 29.5 Å². The minimum Gasteiger partial charge on any atom is -0.493 e. The molecule has 0 unspecified atom stereocenters. The van der Waals surface area contributed by atoms with Crippen LogP contribution in [0.15, 0.2) is 62.7 Å². The van der Waals surface area contributed by atoms with E-state index >= 15 is 0 Å². The summed E-state index contributed by atoms with van der Waals surface area (Å²) in [6.07, 6.45) is 5.19. The molecule has 11 heteroatoms. The van der Waals surface area contributed by atoms with Crippen molar-refractivity contribution in [1.82, 2.24) is 0 Å². The molecule has 0 fully saturated rings. The highest BCUT2D eigenvalue weighted by Crippen LogP contribution is 2.37. The zero-order valence-corrected chi connectivity index (χ0v) is 21.6. The molecule has 0 radical (unpaired) electrons. The number of ether oxygens (including phenoxy) is 3. The van der Waals surface area contributed by atoms with E-state index in [1.165, 1.54) is 12.2 Å². The Morgan fingerprint density at radius 2 is 1.36 bits per heavy atom. The second-order valence-electron chi connectivity index (χ2n) is 6.16. The highest BCUT2D eigenvalue weighted by atomic mass is 35.5. The first kappa shape index (κ1) is 27.8. The summed E-state index contributed by atoms with van der Waals surface area (Å²) in [7, 11) is 0. The highest BCUT2D eigenvalue weighted by molar-refractivity contribution is 6.56. The molecule has 0 saturated heterocycles. The molecule has 5 nitrogen and oxygen atoms in total. The number of hydrogen-bond acceptors (Lipinski definition) is 5. The summed E-state index contributed by atoms with van der Waals surface area (Å²) in [5, 5.41) is 4.48. The van der Waals surface area contributed by atoms with Crippen molar-refractivity contribution < 1.29 is 19.0 Å². The lowest BCUT2D eigenvalue weighted by molar-refractivity contribution is 0.176. The molecule has 2 aromatic carbocycles. The van der Waals surface area contributed by atoms with Crippen LogP contribution in [0.1, 0.15) is 12.0 Å². The van der Waals surface area contributed by atoms with Crippen LogP contribution in [0.5, 0.6) is 17.2 Å². The Labute approximate surface area is 222 Å².